The Morgan fingerprint density at radius 2 is 1.95 bits per heavy atom. The van der Waals surface area contributed by atoms with Gasteiger partial charge in [0.25, 0.3) is 0 Å². The summed E-state index contributed by atoms with van der Waals surface area (Å²) in [6.45, 7) is 3.93. The highest BCUT2D eigenvalue weighted by atomic mass is 35.5. The number of benzene rings is 1. The predicted octanol–water partition coefficient (Wildman–Crippen LogP) is 5.32. The quantitative estimate of drug-likeness (QED) is 0.543. The van der Waals surface area contributed by atoms with Crippen molar-refractivity contribution >= 4 is 29.0 Å². The number of ketones is 1. The van der Waals surface area contributed by atoms with Crippen LogP contribution in [0.1, 0.15) is 42.5 Å². The molecular formula is C16H18Cl2O2. The Bertz CT molecular complexity index is 532. The van der Waals surface area contributed by atoms with E-state index in [1.54, 1.807) is 12.1 Å². The number of hydrogen-bond donors (Lipinski definition) is 0. The molecule has 0 heterocycles. The van der Waals surface area contributed by atoms with Crippen LogP contribution in [-0.2, 0) is 0 Å². The van der Waals surface area contributed by atoms with Gasteiger partial charge >= 0.3 is 0 Å². The molecule has 4 heteroatoms. The van der Waals surface area contributed by atoms with E-state index < -0.39 is 0 Å². The zero-order valence-corrected chi connectivity index (χ0v) is 13.1. The molecule has 0 atom stereocenters. The lowest BCUT2D eigenvalue weighted by atomic mass is 9.93. The molecule has 1 aliphatic rings. The molecule has 0 radical (unpaired) electrons. The van der Waals surface area contributed by atoms with Crippen LogP contribution in [-0.4, -0.2) is 12.9 Å². The van der Waals surface area contributed by atoms with Crippen molar-refractivity contribution in [1.29, 1.82) is 0 Å². The number of ether oxygens (including phenoxy) is 1. The first kappa shape index (κ1) is 15.4. The number of Topliss-reactive ketones (excluding diaryl/α,β-unsaturated/α-hetero) is 1. The second kappa shape index (κ2) is 6.64. The van der Waals surface area contributed by atoms with Gasteiger partial charge in [0.1, 0.15) is 10.8 Å². The Kier molecular flexibility index (Phi) is 5.11. The first-order valence-electron chi connectivity index (χ1n) is 6.79. The lowest BCUT2D eigenvalue weighted by Gasteiger charge is -2.13. The van der Waals surface area contributed by atoms with E-state index in [9.17, 15) is 4.79 Å². The molecule has 108 valence electrons. The lowest BCUT2D eigenvalue weighted by molar-refractivity contribution is 0.102. The van der Waals surface area contributed by atoms with E-state index in [0.29, 0.717) is 22.8 Å². The van der Waals surface area contributed by atoms with Crippen LogP contribution in [0.4, 0.5) is 0 Å². The molecule has 0 spiro atoms. The minimum Gasteiger partial charge on any atom is -0.495 e. The standard InChI is InChI=1S/C16H18Cl2O2/c1-10(9-11-5-3-4-6-11)16(19)12-7-8-13(20-2)15(18)14(12)17/h7-8,11H,1,3-6,9H2,2H3. The van der Waals surface area contributed by atoms with Crippen LogP contribution in [0, 0.1) is 5.92 Å². The molecule has 0 saturated heterocycles. The summed E-state index contributed by atoms with van der Waals surface area (Å²) in [7, 11) is 1.51. The molecule has 0 amide bonds. The molecule has 20 heavy (non-hydrogen) atoms. The highest BCUT2D eigenvalue weighted by molar-refractivity contribution is 6.45. The van der Waals surface area contributed by atoms with Crippen LogP contribution in [0.25, 0.3) is 0 Å². The molecule has 1 saturated carbocycles. The third-order valence-corrected chi connectivity index (χ3v) is 4.71. The minimum absolute atomic E-state index is 0.119. The molecule has 0 bridgehead atoms. The molecule has 0 unspecified atom stereocenters. The average molecular weight is 313 g/mol. The molecule has 0 aliphatic heterocycles. The molecule has 0 aromatic heterocycles. The monoisotopic (exact) mass is 312 g/mol. The van der Waals surface area contributed by atoms with Crippen molar-refractivity contribution in [3.63, 3.8) is 0 Å². The third kappa shape index (κ3) is 3.18. The van der Waals surface area contributed by atoms with Gasteiger partial charge in [-0.05, 0) is 30.0 Å². The maximum atomic E-state index is 12.4. The van der Waals surface area contributed by atoms with Gasteiger partial charge < -0.3 is 4.74 Å². The van der Waals surface area contributed by atoms with Gasteiger partial charge in [0, 0.05) is 5.56 Å². The second-order valence-corrected chi connectivity index (χ2v) is 5.99. The Balaban J connectivity index is 2.16. The summed E-state index contributed by atoms with van der Waals surface area (Å²) in [5.41, 5.74) is 1.01. The molecule has 0 N–H and O–H groups in total. The summed E-state index contributed by atoms with van der Waals surface area (Å²) in [4.78, 5) is 12.4. The van der Waals surface area contributed by atoms with Gasteiger partial charge in [0.15, 0.2) is 5.78 Å². The number of rotatable bonds is 5. The summed E-state index contributed by atoms with van der Waals surface area (Å²) >= 11 is 12.2. The summed E-state index contributed by atoms with van der Waals surface area (Å²) in [5.74, 6) is 0.931. The summed E-state index contributed by atoms with van der Waals surface area (Å²) in [5, 5.41) is 0.511. The maximum Gasteiger partial charge on any atom is 0.189 e. The van der Waals surface area contributed by atoms with Crippen molar-refractivity contribution in [1.82, 2.24) is 0 Å². The van der Waals surface area contributed by atoms with Gasteiger partial charge in [0.05, 0.1) is 12.1 Å². The number of carbonyl (C=O) groups excluding carboxylic acids is 1. The van der Waals surface area contributed by atoms with E-state index in [1.807, 2.05) is 0 Å². The van der Waals surface area contributed by atoms with Crippen LogP contribution < -0.4 is 4.74 Å². The summed E-state index contributed by atoms with van der Waals surface area (Å²) < 4.78 is 5.08. The number of allylic oxidation sites excluding steroid dienone is 1. The van der Waals surface area contributed by atoms with Crippen LogP contribution in [0.2, 0.25) is 10.0 Å². The van der Waals surface area contributed by atoms with Gasteiger partial charge in [-0.2, -0.15) is 0 Å². The third-order valence-electron chi connectivity index (χ3n) is 3.84. The van der Waals surface area contributed by atoms with Crippen LogP contribution in [0.5, 0.6) is 5.75 Å². The first-order chi connectivity index (χ1) is 9.54. The minimum atomic E-state index is -0.119. The Morgan fingerprint density at radius 3 is 2.55 bits per heavy atom. The van der Waals surface area contributed by atoms with Crippen molar-refractivity contribution in [2.45, 2.75) is 32.1 Å². The maximum absolute atomic E-state index is 12.4. The molecule has 1 aromatic rings. The van der Waals surface area contributed by atoms with E-state index in [2.05, 4.69) is 6.58 Å². The van der Waals surface area contributed by atoms with Gasteiger partial charge in [-0.15, -0.1) is 0 Å². The zero-order valence-electron chi connectivity index (χ0n) is 11.5. The van der Waals surface area contributed by atoms with Gasteiger partial charge in [-0.25, -0.2) is 0 Å². The van der Waals surface area contributed by atoms with Crippen molar-refractivity contribution < 1.29 is 9.53 Å². The van der Waals surface area contributed by atoms with E-state index in [0.717, 1.165) is 6.42 Å². The Labute approximate surface area is 129 Å². The van der Waals surface area contributed by atoms with Gasteiger partial charge in [0.2, 0.25) is 0 Å². The number of hydrogen-bond acceptors (Lipinski definition) is 2. The fraction of sp³-hybridized carbons (Fsp3) is 0.438. The zero-order chi connectivity index (χ0) is 14.7. The number of carbonyl (C=O) groups is 1. The molecule has 1 fully saturated rings. The average Bonchev–Trinajstić information content (AvgIpc) is 2.94. The molecule has 2 rings (SSSR count). The normalized spacial score (nSPS) is 15.3. The van der Waals surface area contributed by atoms with Crippen LogP contribution >= 0.6 is 23.2 Å². The smallest absolute Gasteiger partial charge is 0.189 e. The highest BCUT2D eigenvalue weighted by Gasteiger charge is 2.22. The molecule has 1 aromatic carbocycles. The van der Waals surface area contributed by atoms with Crippen LogP contribution in [0.15, 0.2) is 24.3 Å². The Hall–Kier alpha value is -0.990. The van der Waals surface area contributed by atoms with Crippen molar-refractivity contribution in [3.05, 3.63) is 39.9 Å². The van der Waals surface area contributed by atoms with E-state index in [4.69, 9.17) is 27.9 Å². The lowest BCUT2D eigenvalue weighted by Crippen LogP contribution is -2.07. The van der Waals surface area contributed by atoms with E-state index in [1.165, 1.54) is 32.8 Å². The Morgan fingerprint density at radius 1 is 1.30 bits per heavy atom. The second-order valence-electron chi connectivity index (χ2n) is 5.23. The molecule has 1 aliphatic carbocycles. The van der Waals surface area contributed by atoms with Gasteiger partial charge in [-0.3, -0.25) is 4.79 Å². The number of halogens is 2. The predicted molar refractivity (Wildman–Crippen MR) is 83.1 cm³/mol. The fourth-order valence-corrected chi connectivity index (χ4v) is 3.19. The van der Waals surface area contributed by atoms with Crippen molar-refractivity contribution in [2.75, 3.05) is 7.11 Å². The van der Waals surface area contributed by atoms with E-state index in [-0.39, 0.29) is 15.8 Å². The first-order valence-corrected chi connectivity index (χ1v) is 7.54. The number of methoxy groups -OCH3 is 1. The fourth-order valence-electron chi connectivity index (χ4n) is 2.71. The summed E-state index contributed by atoms with van der Waals surface area (Å²) in [6, 6.07) is 3.31. The summed E-state index contributed by atoms with van der Waals surface area (Å²) in [6.07, 6.45) is 5.62. The highest BCUT2D eigenvalue weighted by Crippen LogP contribution is 2.36. The molecule has 2 nitrogen and oxygen atoms in total. The van der Waals surface area contributed by atoms with E-state index >= 15 is 0 Å². The molecular weight excluding hydrogens is 295 g/mol. The largest absolute Gasteiger partial charge is 0.495 e. The van der Waals surface area contributed by atoms with Crippen molar-refractivity contribution in [2.24, 2.45) is 5.92 Å². The van der Waals surface area contributed by atoms with Crippen LogP contribution in [0.3, 0.4) is 0 Å². The van der Waals surface area contributed by atoms with Crippen molar-refractivity contribution in [3.8, 4) is 5.75 Å². The SMILES string of the molecule is C=C(CC1CCCC1)C(=O)c1ccc(OC)c(Cl)c1Cl. The van der Waals surface area contributed by atoms with Gasteiger partial charge in [-0.1, -0.05) is 55.5 Å². The topological polar surface area (TPSA) is 26.3 Å².